The van der Waals surface area contributed by atoms with E-state index in [-0.39, 0.29) is 24.2 Å². The van der Waals surface area contributed by atoms with Gasteiger partial charge in [0.05, 0.1) is 0 Å². The fourth-order valence-corrected chi connectivity index (χ4v) is 2.17. The second-order valence-electron chi connectivity index (χ2n) is 4.61. The first-order valence-electron chi connectivity index (χ1n) is 6.42. The first-order chi connectivity index (χ1) is 8.79. The van der Waals surface area contributed by atoms with Crippen molar-refractivity contribution in [1.29, 1.82) is 0 Å². The summed E-state index contributed by atoms with van der Waals surface area (Å²) in [7, 11) is 1.91. The third kappa shape index (κ3) is 4.82. The summed E-state index contributed by atoms with van der Waals surface area (Å²) in [6.45, 7) is 2.19. The van der Waals surface area contributed by atoms with Crippen molar-refractivity contribution in [3.63, 3.8) is 0 Å². The minimum absolute atomic E-state index is 0. The Kier molecular flexibility index (Phi) is 6.84. The Balaban J connectivity index is 0.00000180. The lowest BCUT2D eigenvalue weighted by atomic mass is 9.99. The molecule has 2 N–H and O–H groups in total. The van der Waals surface area contributed by atoms with Crippen molar-refractivity contribution < 1.29 is 9.53 Å². The number of amides is 1. The normalized spacial score (nSPS) is 15.6. The Hall–Kier alpha value is -1.10. The zero-order valence-electron chi connectivity index (χ0n) is 11.1. The number of ether oxygens (including phenoxy) is 1. The van der Waals surface area contributed by atoms with Crippen LogP contribution in [-0.2, 0) is 16.1 Å². The van der Waals surface area contributed by atoms with E-state index in [2.05, 4.69) is 10.6 Å². The molecule has 1 amide bonds. The van der Waals surface area contributed by atoms with Gasteiger partial charge in [-0.1, -0.05) is 12.1 Å². The lowest BCUT2D eigenvalue weighted by Crippen LogP contribution is -2.28. The average molecular weight is 285 g/mol. The minimum Gasteiger partial charge on any atom is -0.381 e. The van der Waals surface area contributed by atoms with Crippen LogP contribution < -0.4 is 10.6 Å². The molecule has 1 aromatic rings. The maximum absolute atomic E-state index is 12.1. The van der Waals surface area contributed by atoms with Crippen LogP contribution in [0.5, 0.6) is 0 Å². The lowest BCUT2D eigenvalue weighted by molar-refractivity contribution is -0.122. The highest BCUT2D eigenvalue weighted by Gasteiger charge is 2.21. The van der Waals surface area contributed by atoms with Crippen LogP contribution in [0.25, 0.3) is 0 Å². The van der Waals surface area contributed by atoms with Gasteiger partial charge in [-0.25, -0.2) is 0 Å². The predicted octanol–water partition coefficient (Wildman–Crippen LogP) is 2.19. The van der Waals surface area contributed by atoms with Gasteiger partial charge in [0, 0.05) is 31.4 Å². The highest BCUT2D eigenvalue weighted by Crippen LogP contribution is 2.18. The Morgan fingerprint density at radius 1 is 1.37 bits per heavy atom. The zero-order valence-corrected chi connectivity index (χ0v) is 12.0. The molecule has 1 aliphatic rings. The number of hydrogen-bond acceptors (Lipinski definition) is 3. The summed E-state index contributed by atoms with van der Waals surface area (Å²) >= 11 is 0. The molecule has 2 rings (SSSR count). The molecule has 1 saturated heterocycles. The molecule has 5 heteroatoms. The molecular formula is C14H21ClN2O2. The van der Waals surface area contributed by atoms with Gasteiger partial charge in [0.25, 0.3) is 0 Å². The molecule has 0 spiro atoms. The Labute approximate surface area is 120 Å². The number of benzene rings is 1. The van der Waals surface area contributed by atoms with Crippen LogP contribution in [0.15, 0.2) is 24.3 Å². The maximum Gasteiger partial charge on any atom is 0.227 e. The number of anilines is 1. The Morgan fingerprint density at radius 2 is 2.11 bits per heavy atom. The number of rotatable bonds is 4. The Morgan fingerprint density at radius 3 is 2.79 bits per heavy atom. The van der Waals surface area contributed by atoms with Crippen LogP contribution in [-0.4, -0.2) is 26.2 Å². The minimum atomic E-state index is 0. The third-order valence-electron chi connectivity index (χ3n) is 3.17. The van der Waals surface area contributed by atoms with E-state index in [0.29, 0.717) is 13.2 Å². The summed E-state index contributed by atoms with van der Waals surface area (Å²) < 4.78 is 5.26. The van der Waals surface area contributed by atoms with Crippen LogP contribution >= 0.6 is 12.4 Å². The summed E-state index contributed by atoms with van der Waals surface area (Å²) in [5.41, 5.74) is 2.04. The van der Waals surface area contributed by atoms with Crippen molar-refractivity contribution in [2.24, 2.45) is 5.92 Å². The molecule has 0 aliphatic carbocycles. The first-order valence-corrected chi connectivity index (χ1v) is 6.42. The number of nitrogens with one attached hydrogen (secondary N) is 2. The SMILES string of the molecule is CNCc1cccc(NC(=O)C2CCOCC2)c1.Cl. The monoisotopic (exact) mass is 284 g/mol. The summed E-state index contributed by atoms with van der Waals surface area (Å²) in [6, 6.07) is 7.94. The fraction of sp³-hybridized carbons (Fsp3) is 0.500. The van der Waals surface area contributed by atoms with Gasteiger partial charge >= 0.3 is 0 Å². The van der Waals surface area contributed by atoms with Crippen LogP contribution in [0.2, 0.25) is 0 Å². The molecule has 4 nitrogen and oxygen atoms in total. The van der Waals surface area contributed by atoms with E-state index in [9.17, 15) is 4.79 Å². The summed E-state index contributed by atoms with van der Waals surface area (Å²) in [6.07, 6.45) is 1.64. The molecule has 19 heavy (non-hydrogen) atoms. The number of hydrogen-bond donors (Lipinski definition) is 2. The maximum atomic E-state index is 12.1. The summed E-state index contributed by atoms with van der Waals surface area (Å²) in [4.78, 5) is 12.1. The van der Waals surface area contributed by atoms with Crippen LogP contribution in [0.3, 0.4) is 0 Å². The Bertz CT molecular complexity index is 406. The second-order valence-corrected chi connectivity index (χ2v) is 4.61. The van der Waals surface area contributed by atoms with Gasteiger partial charge in [-0.3, -0.25) is 4.79 Å². The standard InChI is InChI=1S/C14H20N2O2.ClH/c1-15-10-11-3-2-4-13(9-11)16-14(17)12-5-7-18-8-6-12;/h2-4,9,12,15H,5-8,10H2,1H3,(H,16,17);1H. The highest BCUT2D eigenvalue weighted by atomic mass is 35.5. The molecule has 1 aromatic carbocycles. The fourth-order valence-electron chi connectivity index (χ4n) is 2.17. The average Bonchev–Trinajstić information content (AvgIpc) is 2.40. The van der Waals surface area contributed by atoms with E-state index >= 15 is 0 Å². The number of halogens is 1. The van der Waals surface area contributed by atoms with Crippen LogP contribution in [0.1, 0.15) is 18.4 Å². The van der Waals surface area contributed by atoms with Gasteiger partial charge in [0.2, 0.25) is 5.91 Å². The van der Waals surface area contributed by atoms with Gasteiger partial charge < -0.3 is 15.4 Å². The van der Waals surface area contributed by atoms with Crippen molar-refractivity contribution in [2.45, 2.75) is 19.4 Å². The van der Waals surface area contributed by atoms with Crippen LogP contribution in [0.4, 0.5) is 5.69 Å². The van der Waals surface area contributed by atoms with Crippen molar-refractivity contribution in [1.82, 2.24) is 5.32 Å². The van der Waals surface area contributed by atoms with Gasteiger partial charge in [-0.2, -0.15) is 0 Å². The molecule has 0 unspecified atom stereocenters. The molecule has 1 fully saturated rings. The van der Waals surface area contributed by atoms with E-state index < -0.39 is 0 Å². The van der Waals surface area contributed by atoms with Crippen molar-refractivity contribution >= 4 is 24.0 Å². The van der Waals surface area contributed by atoms with Crippen LogP contribution in [0, 0.1) is 5.92 Å². The molecule has 1 heterocycles. The molecule has 106 valence electrons. The molecule has 0 aromatic heterocycles. The van der Waals surface area contributed by atoms with E-state index in [1.165, 1.54) is 5.56 Å². The second kappa shape index (κ2) is 8.15. The quantitative estimate of drug-likeness (QED) is 0.891. The number of carbonyl (C=O) groups is 1. The van der Waals surface area contributed by atoms with E-state index in [1.54, 1.807) is 0 Å². The van der Waals surface area contributed by atoms with Crippen molar-refractivity contribution in [2.75, 3.05) is 25.6 Å². The topological polar surface area (TPSA) is 50.4 Å². The first kappa shape index (κ1) is 16.0. The zero-order chi connectivity index (χ0) is 12.8. The smallest absolute Gasteiger partial charge is 0.227 e. The van der Waals surface area contributed by atoms with Gasteiger partial charge in [-0.05, 0) is 37.6 Å². The van der Waals surface area contributed by atoms with Gasteiger partial charge in [-0.15, -0.1) is 12.4 Å². The summed E-state index contributed by atoms with van der Waals surface area (Å²) in [5, 5.41) is 6.09. The van der Waals surface area contributed by atoms with Gasteiger partial charge in [0.15, 0.2) is 0 Å². The van der Waals surface area contributed by atoms with E-state index in [4.69, 9.17) is 4.74 Å². The van der Waals surface area contributed by atoms with Crippen molar-refractivity contribution in [3.8, 4) is 0 Å². The molecule has 1 aliphatic heterocycles. The molecule has 0 atom stereocenters. The largest absolute Gasteiger partial charge is 0.381 e. The number of carbonyl (C=O) groups excluding carboxylic acids is 1. The van der Waals surface area contributed by atoms with E-state index in [1.807, 2.05) is 31.3 Å². The molecule has 0 saturated carbocycles. The van der Waals surface area contributed by atoms with Crippen molar-refractivity contribution in [3.05, 3.63) is 29.8 Å². The molecule has 0 radical (unpaired) electrons. The predicted molar refractivity (Wildman–Crippen MR) is 78.6 cm³/mol. The molecule has 0 bridgehead atoms. The van der Waals surface area contributed by atoms with Gasteiger partial charge in [0.1, 0.15) is 0 Å². The summed E-state index contributed by atoms with van der Waals surface area (Å²) in [5.74, 6) is 0.201. The highest BCUT2D eigenvalue weighted by molar-refractivity contribution is 5.92. The third-order valence-corrected chi connectivity index (χ3v) is 3.17. The lowest BCUT2D eigenvalue weighted by Gasteiger charge is -2.21. The van der Waals surface area contributed by atoms with E-state index in [0.717, 1.165) is 25.1 Å². The molecular weight excluding hydrogens is 264 g/mol.